The van der Waals surface area contributed by atoms with E-state index in [1.165, 1.54) is 7.11 Å². The molecule has 12 heteroatoms. The molecule has 334 valence electrons. The number of unbranched alkanes of at least 4 members (excludes halogenated alkanes) is 1. The van der Waals surface area contributed by atoms with Crippen molar-refractivity contribution in [1.29, 1.82) is 0 Å². The van der Waals surface area contributed by atoms with E-state index < -0.39 is 35.8 Å². The quantitative estimate of drug-likeness (QED) is 0.0862. The van der Waals surface area contributed by atoms with Crippen LogP contribution in [0.3, 0.4) is 0 Å². The van der Waals surface area contributed by atoms with Gasteiger partial charge in [-0.1, -0.05) is 105 Å². The number of methoxy groups -OCH3 is 1. The lowest BCUT2D eigenvalue weighted by molar-refractivity contribution is -0.141. The Morgan fingerprint density at radius 2 is 1.45 bits per heavy atom. The average Bonchev–Trinajstić information content (AvgIpc) is 3.84. The van der Waals surface area contributed by atoms with Gasteiger partial charge in [0.2, 0.25) is 17.7 Å². The maximum atomic E-state index is 14.6. The van der Waals surface area contributed by atoms with E-state index in [1.807, 2.05) is 114 Å². The summed E-state index contributed by atoms with van der Waals surface area (Å²) in [7, 11) is 1.38. The third-order valence-corrected chi connectivity index (χ3v) is 11.2. The van der Waals surface area contributed by atoms with E-state index in [1.54, 1.807) is 9.80 Å². The summed E-state index contributed by atoms with van der Waals surface area (Å²) in [5.41, 5.74) is 4.54. The number of rotatable bonds is 18. The van der Waals surface area contributed by atoms with E-state index in [2.05, 4.69) is 41.9 Å². The van der Waals surface area contributed by atoms with E-state index in [9.17, 15) is 24.0 Å². The number of nitrogens with one attached hydrogen (secondary N) is 3. The first kappa shape index (κ1) is 47.4. The molecule has 12 nitrogen and oxygen atoms in total. The molecule has 1 aliphatic carbocycles. The summed E-state index contributed by atoms with van der Waals surface area (Å²) < 4.78 is 10.8. The minimum Gasteiger partial charge on any atom is -0.453 e. The van der Waals surface area contributed by atoms with Gasteiger partial charge in [0, 0.05) is 19.1 Å². The van der Waals surface area contributed by atoms with Crippen molar-refractivity contribution in [2.75, 3.05) is 20.2 Å². The van der Waals surface area contributed by atoms with E-state index in [0.29, 0.717) is 58.0 Å². The molecule has 5 rings (SSSR count). The lowest BCUT2D eigenvalue weighted by Gasteiger charge is -2.30. The summed E-state index contributed by atoms with van der Waals surface area (Å²) in [6.45, 7) is 14.1. The summed E-state index contributed by atoms with van der Waals surface area (Å²) in [5.74, 6) is -1.22. The van der Waals surface area contributed by atoms with Gasteiger partial charge >= 0.3 is 12.2 Å². The van der Waals surface area contributed by atoms with Crippen molar-refractivity contribution in [1.82, 2.24) is 25.8 Å². The second kappa shape index (κ2) is 21.9. The maximum Gasteiger partial charge on any atom is 0.410 e. The smallest absolute Gasteiger partial charge is 0.410 e. The summed E-state index contributed by atoms with van der Waals surface area (Å²) in [6.07, 6.45) is 6.33. The number of alkyl carbamates (subject to hydrolysis) is 1. The largest absolute Gasteiger partial charge is 0.453 e. The number of carbonyl (C=O) groups is 5. The Morgan fingerprint density at radius 1 is 0.823 bits per heavy atom. The maximum absolute atomic E-state index is 14.6. The Labute approximate surface area is 368 Å². The van der Waals surface area contributed by atoms with Crippen molar-refractivity contribution in [3.05, 3.63) is 108 Å². The molecule has 0 spiro atoms. The van der Waals surface area contributed by atoms with Crippen LogP contribution in [-0.4, -0.2) is 89.7 Å². The number of hydrogen-bond donors (Lipinski definition) is 3. The van der Waals surface area contributed by atoms with Gasteiger partial charge in [-0.25, -0.2) is 9.59 Å². The second-order valence-corrected chi connectivity index (χ2v) is 18.2. The molecule has 62 heavy (non-hydrogen) atoms. The molecule has 1 fully saturated rings. The predicted molar refractivity (Wildman–Crippen MR) is 242 cm³/mol. The summed E-state index contributed by atoms with van der Waals surface area (Å²) >= 11 is 0. The first-order valence-electron chi connectivity index (χ1n) is 22.2. The molecular weight excluding hydrogens is 783 g/mol. The minimum absolute atomic E-state index is 0.154. The molecule has 1 saturated heterocycles. The van der Waals surface area contributed by atoms with Crippen molar-refractivity contribution in [2.45, 2.75) is 129 Å². The summed E-state index contributed by atoms with van der Waals surface area (Å²) in [6, 6.07) is 23.4. The van der Waals surface area contributed by atoms with Gasteiger partial charge in [-0.2, -0.15) is 0 Å². The fourth-order valence-corrected chi connectivity index (χ4v) is 8.50. The highest BCUT2D eigenvalue weighted by atomic mass is 16.6. The van der Waals surface area contributed by atoms with E-state index >= 15 is 0 Å². The van der Waals surface area contributed by atoms with Crippen LogP contribution in [0.15, 0.2) is 91.0 Å². The van der Waals surface area contributed by atoms with Crippen molar-refractivity contribution in [2.24, 2.45) is 11.8 Å². The Bertz CT molecular complexity index is 1980. The molecular formula is C50H67N5O7. The van der Waals surface area contributed by atoms with Crippen molar-refractivity contribution in [3.63, 3.8) is 0 Å². The standard InChI is InChI=1S/C50H67N5O7/c1-33(2)31-37(52-48(59)62-50(5,6)7)28-27-36(32-35-19-10-9-11-20-35)47(58)54-30-18-26-43(54)46(57)53-42(45(56)51-34(3)4)25-16-17-29-55(49(60)61-8)44-40-23-14-12-21-38(40)39-22-13-15-24-41(39)44/h9-15,19-24,27-28,33-34,36-37,42-44H,16-18,25-26,29-32H2,1-8H3,(H,51,56)(H,52,59)(H,53,57)/b28-27+/t36-,37-,42+,43+/m1/s1. The molecule has 3 aromatic carbocycles. The molecule has 2 aliphatic rings. The number of benzene rings is 3. The fraction of sp³-hybridized carbons (Fsp3) is 0.500. The number of nitrogens with zero attached hydrogens (tertiary/aromatic N) is 2. The lowest BCUT2D eigenvalue weighted by atomic mass is 9.94. The Kier molecular flexibility index (Phi) is 16.8. The molecule has 0 saturated carbocycles. The SMILES string of the molecule is COC(=O)N(CCCC[C@H](NC(=O)[C@@H]1CCCN1C(=O)[C@H](/C=C/[C@H](CC(C)C)NC(=O)OC(C)(C)C)Cc1ccccc1)C(=O)NC(C)C)C1c2ccccc2-c2ccccc21. The predicted octanol–water partition coefficient (Wildman–Crippen LogP) is 8.35. The second-order valence-electron chi connectivity index (χ2n) is 18.2. The van der Waals surface area contributed by atoms with Crippen molar-refractivity contribution >= 4 is 29.9 Å². The monoisotopic (exact) mass is 850 g/mol. The van der Waals surface area contributed by atoms with Crippen LogP contribution in [-0.2, 0) is 30.3 Å². The molecule has 5 amide bonds. The molecule has 0 bridgehead atoms. The minimum atomic E-state index is -0.849. The van der Waals surface area contributed by atoms with Gasteiger partial charge in [0.25, 0.3) is 0 Å². The molecule has 0 unspecified atom stereocenters. The van der Waals surface area contributed by atoms with Crippen LogP contribution in [0.1, 0.15) is 110 Å². The normalized spacial score (nSPS) is 16.4. The van der Waals surface area contributed by atoms with E-state index in [4.69, 9.17) is 9.47 Å². The topological polar surface area (TPSA) is 146 Å². The van der Waals surface area contributed by atoms with Gasteiger partial charge in [-0.15, -0.1) is 0 Å². The first-order chi connectivity index (χ1) is 29.6. The fourth-order valence-electron chi connectivity index (χ4n) is 8.50. The lowest BCUT2D eigenvalue weighted by Crippen LogP contribution is -2.54. The third kappa shape index (κ3) is 12.9. The van der Waals surface area contributed by atoms with Crippen LogP contribution in [0, 0.1) is 11.8 Å². The van der Waals surface area contributed by atoms with Crippen LogP contribution in [0.5, 0.6) is 0 Å². The van der Waals surface area contributed by atoms with Gasteiger partial charge < -0.3 is 30.3 Å². The van der Waals surface area contributed by atoms with Gasteiger partial charge in [0.1, 0.15) is 17.7 Å². The van der Waals surface area contributed by atoms with Crippen molar-refractivity contribution < 1.29 is 33.4 Å². The van der Waals surface area contributed by atoms with Gasteiger partial charge in [-0.05, 0) is 113 Å². The van der Waals surface area contributed by atoms with Gasteiger partial charge in [0.05, 0.1) is 25.1 Å². The van der Waals surface area contributed by atoms with Crippen molar-refractivity contribution in [3.8, 4) is 11.1 Å². The molecule has 0 aromatic heterocycles. The summed E-state index contributed by atoms with van der Waals surface area (Å²) in [4.78, 5) is 71.9. The molecule has 3 aromatic rings. The van der Waals surface area contributed by atoms with E-state index in [0.717, 1.165) is 27.8 Å². The highest BCUT2D eigenvalue weighted by Gasteiger charge is 2.39. The molecule has 3 N–H and O–H groups in total. The number of amides is 5. The Hall–Kier alpha value is -5.65. The summed E-state index contributed by atoms with van der Waals surface area (Å²) in [5, 5.41) is 8.95. The van der Waals surface area contributed by atoms with Gasteiger partial charge in [0.15, 0.2) is 0 Å². The molecule has 0 radical (unpaired) electrons. The highest BCUT2D eigenvalue weighted by molar-refractivity contribution is 5.93. The Balaban J connectivity index is 1.30. The third-order valence-electron chi connectivity index (χ3n) is 11.2. The van der Waals surface area contributed by atoms with Crippen LogP contribution in [0.25, 0.3) is 11.1 Å². The highest BCUT2D eigenvalue weighted by Crippen LogP contribution is 2.46. The van der Waals surface area contributed by atoms with Crippen LogP contribution < -0.4 is 16.0 Å². The first-order valence-corrected chi connectivity index (χ1v) is 22.2. The molecule has 4 atom stereocenters. The number of hydrogen-bond acceptors (Lipinski definition) is 7. The zero-order valence-electron chi connectivity index (χ0n) is 37.8. The van der Waals surface area contributed by atoms with Gasteiger partial charge in [-0.3, -0.25) is 19.3 Å². The van der Waals surface area contributed by atoms with Crippen LogP contribution in [0.2, 0.25) is 0 Å². The molecule has 1 aliphatic heterocycles. The zero-order chi connectivity index (χ0) is 45.0. The number of likely N-dealkylation sites (tertiary alicyclic amines) is 1. The number of fused-ring (bicyclic) bond motifs is 3. The average molecular weight is 850 g/mol. The zero-order valence-corrected chi connectivity index (χ0v) is 37.8. The Morgan fingerprint density at radius 3 is 2.05 bits per heavy atom. The van der Waals surface area contributed by atoms with E-state index in [-0.39, 0.29) is 41.8 Å². The number of ether oxygens (including phenoxy) is 2. The molecule has 1 heterocycles. The van der Waals surface area contributed by atoms with Crippen LogP contribution in [0.4, 0.5) is 9.59 Å². The van der Waals surface area contributed by atoms with Crippen LogP contribution >= 0.6 is 0 Å². The number of carbonyl (C=O) groups excluding carboxylic acids is 5.